The molecule has 0 spiro atoms. The van der Waals surface area contributed by atoms with Crippen molar-refractivity contribution in [3.63, 3.8) is 0 Å². The minimum atomic E-state index is -1.10. The highest BCUT2D eigenvalue weighted by atomic mass is 16.5. The predicted molar refractivity (Wildman–Crippen MR) is 73.1 cm³/mol. The van der Waals surface area contributed by atoms with Gasteiger partial charge in [0.2, 0.25) is 0 Å². The Morgan fingerprint density at radius 1 is 1.50 bits per heavy atom. The molecule has 2 amide bonds. The molecule has 1 saturated heterocycles. The number of aryl methyl sites for hydroxylation is 1. The molecule has 1 aromatic heterocycles. The van der Waals surface area contributed by atoms with E-state index in [1.54, 1.807) is 17.9 Å². The Hall–Kier alpha value is -2.02. The maximum Gasteiger partial charge on any atom is 0.354 e. The zero-order chi connectivity index (χ0) is 14.9. The number of carboxylic acids is 1. The van der Waals surface area contributed by atoms with E-state index in [-0.39, 0.29) is 29.6 Å². The average molecular weight is 281 g/mol. The summed E-state index contributed by atoms with van der Waals surface area (Å²) in [6, 6.07) is 1.25. The minimum Gasteiger partial charge on any atom is -0.477 e. The number of hydrogen-bond acceptors (Lipinski definition) is 3. The first kappa shape index (κ1) is 14.4. The molecule has 0 bridgehead atoms. The minimum absolute atomic E-state index is 0.00943. The number of aromatic carboxylic acids is 1. The lowest BCUT2D eigenvalue weighted by molar-refractivity contribution is -0.0296. The van der Waals surface area contributed by atoms with Crippen LogP contribution in [-0.2, 0) is 4.74 Å². The third kappa shape index (κ3) is 2.93. The van der Waals surface area contributed by atoms with Gasteiger partial charge in [-0.1, -0.05) is 0 Å². The Balaban J connectivity index is 2.13. The zero-order valence-corrected chi connectivity index (χ0v) is 11.8. The molecule has 0 aliphatic carbocycles. The van der Waals surface area contributed by atoms with Crippen molar-refractivity contribution in [2.45, 2.75) is 32.9 Å². The molecule has 2 unspecified atom stereocenters. The van der Waals surface area contributed by atoms with Gasteiger partial charge in [-0.15, -0.1) is 0 Å². The van der Waals surface area contributed by atoms with Gasteiger partial charge in [0, 0.05) is 12.2 Å². The number of urea groups is 1. The summed E-state index contributed by atoms with van der Waals surface area (Å²) < 4.78 is 5.46. The fourth-order valence-electron chi connectivity index (χ4n) is 2.23. The second-order valence-electron chi connectivity index (χ2n) is 5.12. The van der Waals surface area contributed by atoms with Crippen LogP contribution in [-0.4, -0.2) is 52.3 Å². The van der Waals surface area contributed by atoms with Crippen LogP contribution in [0.2, 0.25) is 0 Å². The van der Waals surface area contributed by atoms with Crippen LogP contribution in [0.5, 0.6) is 0 Å². The molecule has 0 radical (unpaired) electrons. The van der Waals surface area contributed by atoms with Crippen LogP contribution >= 0.6 is 0 Å². The summed E-state index contributed by atoms with van der Waals surface area (Å²) in [7, 11) is 0. The van der Waals surface area contributed by atoms with Crippen LogP contribution in [0, 0.1) is 6.92 Å². The number of anilines is 1. The Bertz CT molecular complexity index is 526. The van der Waals surface area contributed by atoms with E-state index in [0.29, 0.717) is 18.8 Å². The quantitative estimate of drug-likeness (QED) is 0.768. The number of hydrogen-bond donors (Lipinski definition) is 3. The number of carboxylic acid groups (broad SMARTS) is 1. The smallest absolute Gasteiger partial charge is 0.354 e. The summed E-state index contributed by atoms with van der Waals surface area (Å²) in [5.41, 5.74) is 0.956. The molecular formula is C13H19N3O4. The normalized spacial score (nSPS) is 22.6. The molecule has 20 heavy (non-hydrogen) atoms. The van der Waals surface area contributed by atoms with Crippen LogP contribution < -0.4 is 5.32 Å². The van der Waals surface area contributed by atoms with Gasteiger partial charge in [0.05, 0.1) is 24.4 Å². The Morgan fingerprint density at radius 3 is 2.85 bits per heavy atom. The molecule has 1 aliphatic heterocycles. The lowest BCUT2D eigenvalue weighted by Gasteiger charge is -2.36. The molecule has 3 N–H and O–H groups in total. The zero-order valence-electron chi connectivity index (χ0n) is 11.8. The number of H-pyrrole nitrogens is 1. The molecule has 2 rings (SSSR count). The van der Waals surface area contributed by atoms with Crippen molar-refractivity contribution >= 4 is 17.7 Å². The Labute approximate surface area is 116 Å². The first-order chi connectivity index (χ1) is 9.38. The highest BCUT2D eigenvalue weighted by Gasteiger charge is 2.28. The number of nitrogens with zero attached hydrogens (tertiary/aromatic N) is 1. The third-order valence-corrected chi connectivity index (χ3v) is 3.28. The number of morpholine rings is 1. The number of carbonyl (C=O) groups excluding carboxylic acids is 1. The number of ether oxygens (including phenoxy) is 1. The third-order valence-electron chi connectivity index (χ3n) is 3.28. The Morgan fingerprint density at radius 2 is 2.20 bits per heavy atom. The van der Waals surface area contributed by atoms with E-state index in [2.05, 4.69) is 10.3 Å². The van der Waals surface area contributed by atoms with Crippen LogP contribution in [0.4, 0.5) is 10.5 Å². The van der Waals surface area contributed by atoms with Gasteiger partial charge in [-0.05, 0) is 26.8 Å². The monoisotopic (exact) mass is 281 g/mol. The lowest BCUT2D eigenvalue weighted by Crippen LogP contribution is -2.51. The molecule has 110 valence electrons. The van der Waals surface area contributed by atoms with Crippen molar-refractivity contribution in [2.75, 3.05) is 18.5 Å². The lowest BCUT2D eigenvalue weighted by atomic mass is 10.2. The fourth-order valence-corrected chi connectivity index (χ4v) is 2.23. The van der Waals surface area contributed by atoms with Gasteiger partial charge in [0.25, 0.3) is 0 Å². The maximum absolute atomic E-state index is 12.3. The summed E-state index contributed by atoms with van der Waals surface area (Å²) >= 11 is 0. The number of nitrogens with one attached hydrogen (secondary N) is 2. The number of carbonyl (C=O) groups is 2. The second-order valence-corrected chi connectivity index (χ2v) is 5.12. The standard InChI is InChI=1S/C13H19N3O4/c1-7-4-10(11(14-7)12(17)18)15-13(19)16-5-9(3)20-6-8(16)2/h4,8-9,14H,5-6H2,1-3H3,(H,15,19)(H,17,18). The van der Waals surface area contributed by atoms with E-state index in [1.807, 2.05) is 13.8 Å². The first-order valence-electron chi connectivity index (χ1n) is 6.50. The van der Waals surface area contributed by atoms with E-state index in [4.69, 9.17) is 9.84 Å². The fraction of sp³-hybridized carbons (Fsp3) is 0.538. The van der Waals surface area contributed by atoms with Crippen molar-refractivity contribution in [1.29, 1.82) is 0 Å². The second kappa shape index (κ2) is 5.54. The van der Waals surface area contributed by atoms with Crippen molar-refractivity contribution in [1.82, 2.24) is 9.88 Å². The molecule has 0 saturated carbocycles. The average Bonchev–Trinajstić information content (AvgIpc) is 2.73. The van der Waals surface area contributed by atoms with E-state index in [9.17, 15) is 9.59 Å². The van der Waals surface area contributed by atoms with Crippen LogP contribution in [0.1, 0.15) is 30.0 Å². The van der Waals surface area contributed by atoms with E-state index >= 15 is 0 Å². The predicted octanol–water partition coefficient (Wildman–Crippen LogP) is 1.66. The van der Waals surface area contributed by atoms with E-state index in [0.717, 1.165) is 0 Å². The van der Waals surface area contributed by atoms with Gasteiger partial charge in [-0.25, -0.2) is 9.59 Å². The SMILES string of the molecule is Cc1cc(NC(=O)N2CC(C)OCC2C)c(C(=O)O)[nH]1. The first-order valence-corrected chi connectivity index (χ1v) is 6.50. The number of rotatable bonds is 2. The van der Waals surface area contributed by atoms with Gasteiger partial charge < -0.3 is 25.0 Å². The topological polar surface area (TPSA) is 94.7 Å². The molecule has 0 aromatic carbocycles. The van der Waals surface area contributed by atoms with Crippen LogP contribution in [0.15, 0.2) is 6.07 Å². The van der Waals surface area contributed by atoms with Gasteiger partial charge in [-0.3, -0.25) is 0 Å². The molecule has 1 aliphatic rings. The maximum atomic E-state index is 12.3. The van der Waals surface area contributed by atoms with Crippen molar-refractivity contribution < 1.29 is 19.4 Å². The van der Waals surface area contributed by atoms with Gasteiger partial charge >= 0.3 is 12.0 Å². The molecule has 1 fully saturated rings. The molecule has 1 aromatic rings. The summed E-state index contributed by atoms with van der Waals surface area (Å²) in [5.74, 6) is -1.10. The number of aromatic nitrogens is 1. The molecular weight excluding hydrogens is 262 g/mol. The van der Waals surface area contributed by atoms with Gasteiger partial charge in [-0.2, -0.15) is 0 Å². The van der Waals surface area contributed by atoms with Gasteiger partial charge in [0.15, 0.2) is 0 Å². The molecule has 2 heterocycles. The largest absolute Gasteiger partial charge is 0.477 e. The summed E-state index contributed by atoms with van der Waals surface area (Å²) in [5, 5.41) is 11.7. The van der Waals surface area contributed by atoms with Crippen molar-refractivity contribution in [3.05, 3.63) is 17.5 Å². The van der Waals surface area contributed by atoms with Gasteiger partial charge in [0.1, 0.15) is 5.69 Å². The molecule has 7 nitrogen and oxygen atoms in total. The van der Waals surface area contributed by atoms with Crippen molar-refractivity contribution in [3.8, 4) is 0 Å². The number of amides is 2. The van der Waals surface area contributed by atoms with Crippen LogP contribution in [0.25, 0.3) is 0 Å². The summed E-state index contributed by atoms with van der Waals surface area (Å²) in [4.78, 5) is 27.7. The molecule has 7 heteroatoms. The highest BCUT2D eigenvalue weighted by molar-refractivity contribution is 5.99. The van der Waals surface area contributed by atoms with E-state index in [1.165, 1.54) is 0 Å². The van der Waals surface area contributed by atoms with E-state index < -0.39 is 5.97 Å². The van der Waals surface area contributed by atoms with Crippen LogP contribution in [0.3, 0.4) is 0 Å². The molecule has 2 atom stereocenters. The summed E-state index contributed by atoms with van der Waals surface area (Å²) in [6.07, 6.45) is -0.0242. The Kier molecular flexibility index (Phi) is 3.99. The van der Waals surface area contributed by atoms with Crippen molar-refractivity contribution in [2.24, 2.45) is 0 Å². The summed E-state index contributed by atoms with van der Waals surface area (Å²) in [6.45, 7) is 6.49. The number of aromatic amines is 1. The highest BCUT2D eigenvalue weighted by Crippen LogP contribution is 2.19.